The summed E-state index contributed by atoms with van der Waals surface area (Å²) in [5, 5.41) is 3.50. The van der Waals surface area contributed by atoms with Gasteiger partial charge in [-0.15, -0.1) is 0 Å². The van der Waals surface area contributed by atoms with Crippen molar-refractivity contribution in [1.29, 1.82) is 0 Å². The Morgan fingerprint density at radius 2 is 0.769 bits per heavy atom. The molecule has 0 aromatic rings. The van der Waals surface area contributed by atoms with Crippen LogP contribution in [0.2, 0.25) is 0 Å². The first-order valence-corrected chi connectivity index (χ1v) is 5.71. The molecule has 13 heavy (non-hydrogen) atoms. The number of hydrogen-bond donors (Lipinski definition) is 1. The summed E-state index contributed by atoms with van der Waals surface area (Å²) >= 11 is 0. The molecule has 1 N–H and O–H groups in total. The van der Waals surface area contributed by atoms with Crippen LogP contribution in [-0.4, -0.2) is 13.1 Å². The van der Waals surface area contributed by atoms with E-state index in [0.29, 0.717) is 0 Å². The van der Waals surface area contributed by atoms with Gasteiger partial charge in [0, 0.05) is 19.5 Å². The molecule has 1 heterocycles. The Hall–Kier alpha value is 0.583. The molecule has 0 bridgehead atoms. The van der Waals surface area contributed by atoms with Gasteiger partial charge in [0.1, 0.15) is 0 Å². The van der Waals surface area contributed by atoms with Crippen LogP contribution in [-0.2, 0) is 19.5 Å². The van der Waals surface area contributed by atoms with Crippen LogP contribution < -0.4 is 5.32 Å². The summed E-state index contributed by atoms with van der Waals surface area (Å²) in [4.78, 5) is 0. The van der Waals surface area contributed by atoms with Crippen LogP contribution in [0.4, 0.5) is 0 Å². The van der Waals surface area contributed by atoms with Gasteiger partial charge in [-0.1, -0.05) is 44.9 Å². The van der Waals surface area contributed by atoms with Gasteiger partial charge < -0.3 is 5.32 Å². The van der Waals surface area contributed by atoms with Crippen LogP contribution in [0.5, 0.6) is 0 Å². The molecule has 1 saturated heterocycles. The molecule has 0 atom stereocenters. The summed E-state index contributed by atoms with van der Waals surface area (Å²) < 4.78 is 0. The van der Waals surface area contributed by atoms with Gasteiger partial charge >= 0.3 is 0 Å². The summed E-state index contributed by atoms with van der Waals surface area (Å²) in [5.74, 6) is 0. The average molecular weight is 235 g/mol. The summed E-state index contributed by atoms with van der Waals surface area (Å²) in [6.45, 7) is 2.50. The molecule has 0 unspecified atom stereocenters. The molecular weight excluding hydrogens is 212 g/mol. The van der Waals surface area contributed by atoms with Gasteiger partial charge in [-0.25, -0.2) is 0 Å². The Balaban J connectivity index is 0.00000144. The second-order valence-electron chi connectivity index (χ2n) is 3.93. The summed E-state index contributed by atoms with van der Waals surface area (Å²) in [6.07, 6.45) is 13.0. The SMILES string of the molecule is C1CCCCCNCCCCC1.[Zn]. The maximum atomic E-state index is 3.50. The molecule has 1 aliphatic rings. The van der Waals surface area contributed by atoms with Crippen molar-refractivity contribution < 1.29 is 19.5 Å². The van der Waals surface area contributed by atoms with Crippen LogP contribution in [0.15, 0.2) is 0 Å². The van der Waals surface area contributed by atoms with E-state index in [2.05, 4.69) is 5.32 Å². The predicted molar refractivity (Wildman–Crippen MR) is 54.4 cm³/mol. The van der Waals surface area contributed by atoms with Gasteiger partial charge in [-0.3, -0.25) is 0 Å². The Kier molecular flexibility index (Phi) is 11.1. The van der Waals surface area contributed by atoms with Gasteiger partial charge in [0.2, 0.25) is 0 Å². The first-order valence-electron chi connectivity index (χ1n) is 5.71. The van der Waals surface area contributed by atoms with Crippen molar-refractivity contribution in [3.63, 3.8) is 0 Å². The normalized spacial score (nSPS) is 22.2. The Morgan fingerprint density at radius 3 is 1.15 bits per heavy atom. The van der Waals surface area contributed by atoms with Crippen LogP contribution in [0.25, 0.3) is 0 Å². The van der Waals surface area contributed by atoms with E-state index in [1.54, 1.807) is 0 Å². The van der Waals surface area contributed by atoms with Crippen molar-refractivity contribution in [3.05, 3.63) is 0 Å². The molecular formula is C11H23NZn. The van der Waals surface area contributed by atoms with E-state index in [1.165, 1.54) is 70.9 Å². The Bertz CT molecular complexity index is 53.1. The topological polar surface area (TPSA) is 12.0 Å². The van der Waals surface area contributed by atoms with Crippen molar-refractivity contribution in [3.8, 4) is 0 Å². The Labute approximate surface area is 95.8 Å². The molecule has 0 aromatic heterocycles. The monoisotopic (exact) mass is 233 g/mol. The summed E-state index contributed by atoms with van der Waals surface area (Å²) in [5.41, 5.74) is 0. The predicted octanol–water partition coefficient (Wildman–Crippen LogP) is 3.10. The van der Waals surface area contributed by atoms with Gasteiger partial charge in [-0.05, 0) is 25.9 Å². The van der Waals surface area contributed by atoms with Crippen LogP contribution in [0.1, 0.15) is 57.8 Å². The number of nitrogens with one attached hydrogen (secondary N) is 1. The van der Waals surface area contributed by atoms with Crippen molar-refractivity contribution >= 4 is 0 Å². The van der Waals surface area contributed by atoms with Crippen LogP contribution >= 0.6 is 0 Å². The first kappa shape index (κ1) is 13.6. The molecule has 0 radical (unpaired) electrons. The molecule has 0 aliphatic carbocycles. The van der Waals surface area contributed by atoms with E-state index >= 15 is 0 Å². The molecule has 0 spiro atoms. The van der Waals surface area contributed by atoms with E-state index in [-0.39, 0.29) is 19.5 Å². The number of hydrogen-bond acceptors (Lipinski definition) is 1. The molecule has 1 nitrogen and oxygen atoms in total. The molecule has 1 aliphatic heterocycles. The van der Waals surface area contributed by atoms with Crippen LogP contribution in [0, 0.1) is 0 Å². The minimum Gasteiger partial charge on any atom is -0.317 e. The van der Waals surface area contributed by atoms with Gasteiger partial charge in [-0.2, -0.15) is 0 Å². The van der Waals surface area contributed by atoms with Crippen LogP contribution in [0.3, 0.4) is 0 Å². The van der Waals surface area contributed by atoms with Gasteiger partial charge in [0.05, 0.1) is 0 Å². The third-order valence-electron chi connectivity index (χ3n) is 2.71. The zero-order valence-electron chi connectivity index (χ0n) is 8.99. The molecule has 0 amide bonds. The van der Waals surface area contributed by atoms with E-state index in [1.807, 2.05) is 0 Å². The molecule has 0 saturated carbocycles. The quantitative estimate of drug-likeness (QED) is 0.635. The third kappa shape index (κ3) is 8.90. The molecule has 0 aromatic carbocycles. The molecule has 2 heteroatoms. The van der Waals surface area contributed by atoms with Gasteiger partial charge in [0.15, 0.2) is 0 Å². The largest absolute Gasteiger partial charge is 0.317 e. The van der Waals surface area contributed by atoms with E-state index in [0.717, 1.165) is 0 Å². The number of rotatable bonds is 0. The van der Waals surface area contributed by atoms with Crippen molar-refractivity contribution in [2.45, 2.75) is 57.8 Å². The second-order valence-corrected chi connectivity index (χ2v) is 3.93. The summed E-state index contributed by atoms with van der Waals surface area (Å²) in [7, 11) is 0. The minimum atomic E-state index is 0. The fourth-order valence-corrected chi connectivity index (χ4v) is 1.86. The second kappa shape index (κ2) is 10.7. The van der Waals surface area contributed by atoms with Crippen molar-refractivity contribution in [1.82, 2.24) is 5.32 Å². The first-order chi connectivity index (χ1) is 6.00. The fraction of sp³-hybridized carbons (Fsp3) is 1.00. The minimum absolute atomic E-state index is 0. The fourth-order valence-electron chi connectivity index (χ4n) is 1.86. The molecule has 74 valence electrons. The smallest absolute Gasteiger partial charge is 0 e. The zero-order valence-corrected chi connectivity index (χ0v) is 12.0. The Morgan fingerprint density at radius 1 is 0.462 bits per heavy atom. The van der Waals surface area contributed by atoms with E-state index in [9.17, 15) is 0 Å². The summed E-state index contributed by atoms with van der Waals surface area (Å²) in [6, 6.07) is 0. The van der Waals surface area contributed by atoms with E-state index < -0.39 is 0 Å². The maximum absolute atomic E-state index is 3.50. The maximum Gasteiger partial charge on any atom is 0 e. The van der Waals surface area contributed by atoms with Crippen molar-refractivity contribution in [2.75, 3.05) is 13.1 Å². The molecule has 1 fully saturated rings. The standard InChI is InChI=1S/C11H23N.Zn/c1-2-4-6-8-10-12-11-9-7-5-3-1;/h12H,1-11H2;. The van der Waals surface area contributed by atoms with Gasteiger partial charge in [0.25, 0.3) is 0 Å². The van der Waals surface area contributed by atoms with Crippen molar-refractivity contribution in [2.24, 2.45) is 0 Å². The molecule has 1 rings (SSSR count). The van der Waals surface area contributed by atoms with E-state index in [4.69, 9.17) is 0 Å². The zero-order chi connectivity index (χ0) is 8.49. The average Bonchev–Trinajstić information content (AvgIpc) is 2.05. The third-order valence-corrected chi connectivity index (χ3v) is 2.71.